The van der Waals surface area contributed by atoms with Gasteiger partial charge in [-0.05, 0) is 43.0 Å². The van der Waals surface area contributed by atoms with Crippen LogP contribution in [0.5, 0.6) is 5.75 Å². The number of fused-ring (bicyclic) bond motifs is 2. The van der Waals surface area contributed by atoms with Gasteiger partial charge in [-0.1, -0.05) is 24.3 Å². The zero-order valence-electron chi connectivity index (χ0n) is 19.9. The first-order chi connectivity index (χ1) is 17.1. The number of aliphatic hydroxyl groups is 1. The molecule has 2 aromatic carbocycles. The highest BCUT2D eigenvalue weighted by Gasteiger charge is 2.29. The number of para-hydroxylation sites is 1. The topological polar surface area (TPSA) is 88.0 Å². The van der Waals surface area contributed by atoms with Crippen molar-refractivity contribution in [2.75, 3.05) is 37.7 Å². The number of hydrogen-bond donors (Lipinski definition) is 1. The third-order valence-electron chi connectivity index (χ3n) is 7.08. The van der Waals surface area contributed by atoms with Crippen LogP contribution < -0.4 is 9.64 Å². The third-order valence-corrected chi connectivity index (χ3v) is 7.08. The molecule has 0 radical (unpaired) electrons. The van der Waals surface area contributed by atoms with Crippen molar-refractivity contribution < 1.29 is 18.7 Å². The molecule has 4 aromatic rings. The lowest BCUT2D eigenvalue weighted by Crippen LogP contribution is -2.47. The summed E-state index contributed by atoms with van der Waals surface area (Å²) in [5.41, 5.74) is 3.55. The summed E-state index contributed by atoms with van der Waals surface area (Å²) in [6.45, 7) is 5.67. The zero-order valence-corrected chi connectivity index (χ0v) is 19.9. The van der Waals surface area contributed by atoms with E-state index in [2.05, 4.69) is 44.3 Å². The molecule has 0 amide bonds. The van der Waals surface area contributed by atoms with E-state index in [1.54, 1.807) is 6.92 Å². The van der Waals surface area contributed by atoms with E-state index in [4.69, 9.17) is 13.6 Å². The normalized spacial score (nSPS) is 17.7. The minimum absolute atomic E-state index is 0.221. The minimum atomic E-state index is -0.570. The number of ether oxygens (including phenoxy) is 1. The number of anilines is 1. The van der Waals surface area contributed by atoms with Crippen molar-refractivity contribution in [3.8, 4) is 17.4 Å². The Morgan fingerprint density at radius 2 is 1.91 bits per heavy atom. The number of nitrogens with zero attached hydrogens (tertiary/aromatic N) is 4. The van der Waals surface area contributed by atoms with Crippen molar-refractivity contribution in [2.45, 2.75) is 38.3 Å². The Morgan fingerprint density at radius 3 is 2.74 bits per heavy atom. The van der Waals surface area contributed by atoms with E-state index in [1.165, 1.54) is 11.3 Å². The van der Waals surface area contributed by atoms with Crippen molar-refractivity contribution in [1.29, 1.82) is 0 Å². The summed E-state index contributed by atoms with van der Waals surface area (Å²) in [5.74, 6) is 1.99. The highest BCUT2D eigenvalue weighted by molar-refractivity contribution is 5.87. The van der Waals surface area contributed by atoms with Gasteiger partial charge < -0.3 is 28.5 Å². The fraction of sp³-hybridized carbons (Fsp3) is 0.407. The monoisotopic (exact) mass is 474 g/mol. The van der Waals surface area contributed by atoms with Crippen LogP contribution in [0.2, 0.25) is 0 Å². The summed E-state index contributed by atoms with van der Waals surface area (Å²) in [7, 11) is 0. The van der Waals surface area contributed by atoms with Crippen LogP contribution in [0.3, 0.4) is 0 Å². The molecule has 0 bridgehead atoms. The van der Waals surface area contributed by atoms with Crippen molar-refractivity contribution in [2.24, 2.45) is 0 Å². The molecular weight excluding hydrogens is 444 g/mol. The summed E-state index contributed by atoms with van der Waals surface area (Å²) < 4.78 is 17.3. The lowest BCUT2D eigenvalue weighted by atomic mass is 10.0. The number of β-amino-alcohol motifs (C(OH)–C–C–N with tert-alkyl or cyclic N) is 1. The van der Waals surface area contributed by atoms with Gasteiger partial charge in [0.2, 0.25) is 5.89 Å². The molecule has 4 heterocycles. The average Bonchev–Trinajstić information content (AvgIpc) is 3.61. The van der Waals surface area contributed by atoms with Crippen molar-refractivity contribution in [3.05, 3.63) is 60.0 Å². The van der Waals surface area contributed by atoms with Crippen molar-refractivity contribution in [3.63, 3.8) is 0 Å². The van der Waals surface area contributed by atoms with Gasteiger partial charge in [-0.15, -0.1) is 10.2 Å². The number of aliphatic hydroxyl groups excluding tert-OH is 1. The number of aryl methyl sites for hydroxylation is 1. The van der Waals surface area contributed by atoms with Crippen LogP contribution in [0, 0.1) is 6.92 Å². The second kappa shape index (κ2) is 9.36. The molecule has 0 spiro atoms. The standard InChI is InChI=1S/C27H30N4O4/c1-18-28-29-27(34-18)26-15-22-24(7-4-8-25(22)35-26)33-17-21(32)16-30-12-10-20(11-13-30)31-14-9-19-5-2-3-6-23(19)31/h2-8,15,20-21,32H,9-14,16-17H2,1H3/t21-/m0/s1. The fourth-order valence-corrected chi connectivity index (χ4v) is 5.35. The van der Waals surface area contributed by atoms with Gasteiger partial charge in [-0.2, -0.15) is 0 Å². The lowest BCUT2D eigenvalue weighted by Gasteiger charge is -2.38. The van der Waals surface area contributed by atoms with E-state index >= 15 is 0 Å². The average molecular weight is 475 g/mol. The number of aromatic nitrogens is 2. The molecule has 2 aliphatic heterocycles. The fourth-order valence-electron chi connectivity index (χ4n) is 5.35. The second-order valence-electron chi connectivity index (χ2n) is 9.47. The van der Waals surface area contributed by atoms with E-state index < -0.39 is 6.10 Å². The van der Waals surface area contributed by atoms with Crippen molar-refractivity contribution in [1.82, 2.24) is 15.1 Å². The Balaban J connectivity index is 1.03. The quantitative estimate of drug-likeness (QED) is 0.429. The van der Waals surface area contributed by atoms with Gasteiger partial charge in [0.05, 0.1) is 5.39 Å². The molecule has 8 nitrogen and oxygen atoms in total. The number of hydrogen-bond acceptors (Lipinski definition) is 8. The molecule has 2 aromatic heterocycles. The number of piperidine rings is 1. The van der Waals surface area contributed by atoms with Crippen LogP contribution in [-0.2, 0) is 6.42 Å². The maximum atomic E-state index is 10.7. The smallest absolute Gasteiger partial charge is 0.283 e. The molecule has 182 valence electrons. The highest BCUT2D eigenvalue weighted by Crippen LogP contribution is 2.34. The van der Waals surface area contributed by atoms with Gasteiger partial charge in [-0.25, -0.2) is 0 Å². The summed E-state index contributed by atoms with van der Waals surface area (Å²) in [4.78, 5) is 4.93. The second-order valence-corrected chi connectivity index (χ2v) is 9.47. The lowest BCUT2D eigenvalue weighted by molar-refractivity contribution is 0.0598. The first-order valence-electron chi connectivity index (χ1n) is 12.3. The predicted octanol–water partition coefficient (Wildman–Crippen LogP) is 4.06. The number of likely N-dealkylation sites (tertiary alicyclic amines) is 1. The summed E-state index contributed by atoms with van der Waals surface area (Å²) in [6.07, 6.45) is 2.81. The maximum Gasteiger partial charge on any atom is 0.283 e. The van der Waals surface area contributed by atoms with E-state index in [1.807, 2.05) is 24.3 Å². The molecule has 0 saturated carbocycles. The van der Waals surface area contributed by atoms with Crippen LogP contribution in [0.25, 0.3) is 22.6 Å². The van der Waals surface area contributed by atoms with E-state index in [0.29, 0.717) is 41.5 Å². The Hall–Kier alpha value is -3.36. The molecule has 8 heteroatoms. The summed E-state index contributed by atoms with van der Waals surface area (Å²) in [5, 5.41) is 19.4. The Morgan fingerprint density at radius 1 is 1.06 bits per heavy atom. The van der Waals surface area contributed by atoms with Gasteiger partial charge >= 0.3 is 0 Å². The van der Waals surface area contributed by atoms with Gasteiger partial charge in [-0.3, -0.25) is 0 Å². The SMILES string of the molecule is Cc1nnc(-c2cc3c(OC[C@@H](O)CN4CCC(N5CCc6ccccc65)CC4)cccc3o2)o1. The van der Waals surface area contributed by atoms with E-state index in [0.717, 1.165) is 44.3 Å². The molecule has 0 unspecified atom stereocenters. The molecular formula is C27H30N4O4. The largest absolute Gasteiger partial charge is 0.490 e. The van der Waals surface area contributed by atoms with E-state index in [-0.39, 0.29) is 6.61 Å². The van der Waals surface area contributed by atoms with Gasteiger partial charge in [0.1, 0.15) is 24.0 Å². The van der Waals surface area contributed by atoms with E-state index in [9.17, 15) is 5.11 Å². The first kappa shape index (κ1) is 22.1. The van der Waals surface area contributed by atoms with Gasteiger partial charge in [0.25, 0.3) is 5.89 Å². The van der Waals surface area contributed by atoms with Crippen LogP contribution in [0.1, 0.15) is 24.3 Å². The molecule has 0 aliphatic carbocycles. The molecule has 1 N–H and O–H groups in total. The number of furan rings is 1. The summed E-state index contributed by atoms with van der Waals surface area (Å²) >= 11 is 0. The third kappa shape index (κ3) is 4.51. The molecule has 1 saturated heterocycles. The Labute approximate surface area is 204 Å². The number of benzene rings is 2. The molecule has 6 rings (SSSR count). The summed E-state index contributed by atoms with van der Waals surface area (Å²) in [6, 6.07) is 16.8. The number of rotatable bonds is 7. The minimum Gasteiger partial charge on any atom is -0.490 e. The van der Waals surface area contributed by atoms with Crippen LogP contribution in [0.4, 0.5) is 5.69 Å². The maximum absolute atomic E-state index is 10.7. The molecule has 1 atom stereocenters. The molecule has 1 fully saturated rings. The van der Waals surface area contributed by atoms with Crippen LogP contribution in [-0.4, -0.2) is 65.1 Å². The molecule has 2 aliphatic rings. The molecule has 35 heavy (non-hydrogen) atoms. The van der Waals surface area contributed by atoms with Gasteiger partial charge in [0, 0.05) is 50.9 Å². The van der Waals surface area contributed by atoms with Crippen LogP contribution >= 0.6 is 0 Å². The zero-order chi connectivity index (χ0) is 23.8. The van der Waals surface area contributed by atoms with Gasteiger partial charge in [0.15, 0.2) is 5.76 Å². The van der Waals surface area contributed by atoms with Crippen molar-refractivity contribution >= 4 is 16.7 Å². The predicted molar refractivity (Wildman–Crippen MR) is 133 cm³/mol. The van der Waals surface area contributed by atoms with Crippen LogP contribution in [0.15, 0.2) is 57.4 Å². The Kier molecular flexibility index (Phi) is 5.91. The Bertz CT molecular complexity index is 1310. The first-order valence-corrected chi connectivity index (χ1v) is 12.3. The highest BCUT2D eigenvalue weighted by atomic mass is 16.5.